The van der Waals surface area contributed by atoms with Gasteiger partial charge in [-0.15, -0.1) is 0 Å². The molecule has 0 unspecified atom stereocenters. The van der Waals surface area contributed by atoms with Crippen LogP contribution in [0.1, 0.15) is 25.0 Å². The number of aromatic nitrogens is 1. The molecule has 21 heavy (non-hydrogen) atoms. The normalized spacial score (nSPS) is 17.2. The van der Waals surface area contributed by atoms with Gasteiger partial charge in [-0.3, -0.25) is 0 Å². The molecule has 7 heteroatoms. The Morgan fingerprint density at radius 3 is 2.62 bits per heavy atom. The van der Waals surface area contributed by atoms with E-state index in [9.17, 15) is 8.42 Å². The summed E-state index contributed by atoms with van der Waals surface area (Å²) in [6.45, 7) is 4.08. The van der Waals surface area contributed by atoms with Gasteiger partial charge < -0.3 is 14.8 Å². The number of hydrogen-bond donors (Lipinski definition) is 2. The average Bonchev–Trinajstić information content (AvgIpc) is 2.83. The molecule has 2 rings (SSSR count). The Morgan fingerprint density at radius 1 is 1.24 bits per heavy atom. The second-order valence-electron chi connectivity index (χ2n) is 5.61. The van der Waals surface area contributed by atoms with Crippen molar-refractivity contribution in [1.29, 1.82) is 0 Å². The lowest BCUT2D eigenvalue weighted by atomic mass is 10.1. The fourth-order valence-corrected chi connectivity index (χ4v) is 3.80. The zero-order valence-corrected chi connectivity index (χ0v) is 13.7. The Morgan fingerprint density at radius 2 is 1.95 bits per heavy atom. The van der Waals surface area contributed by atoms with E-state index in [1.165, 1.54) is 19.3 Å². The minimum Gasteiger partial charge on any atom is -0.352 e. The van der Waals surface area contributed by atoms with Crippen LogP contribution in [-0.4, -0.2) is 51.1 Å². The van der Waals surface area contributed by atoms with Gasteiger partial charge in [0.15, 0.2) is 0 Å². The molecule has 1 aliphatic rings. The van der Waals surface area contributed by atoms with Crippen molar-refractivity contribution in [3.8, 4) is 0 Å². The zero-order valence-electron chi connectivity index (χ0n) is 12.9. The van der Waals surface area contributed by atoms with E-state index < -0.39 is 10.0 Å². The van der Waals surface area contributed by atoms with Crippen LogP contribution in [0.4, 0.5) is 0 Å². The Hall–Kier alpha value is -0.890. The van der Waals surface area contributed by atoms with Crippen LogP contribution >= 0.6 is 0 Å². The number of hydrogen-bond acceptors (Lipinski definition) is 4. The predicted octanol–water partition coefficient (Wildman–Crippen LogP) is 0.509. The molecule has 0 bridgehead atoms. The van der Waals surface area contributed by atoms with Gasteiger partial charge in [0, 0.05) is 38.6 Å². The highest BCUT2D eigenvalue weighted by Crippen LogP contribution is 2.13. The number of rotatable bonds is 7. The molecule has 2 heterocycles. The summed E-state index contributed by atoms with van der Waals surface area (Å²) in [6, 6.07) is 1.72. The van der Waals surface area contributed by atoms with Gasteiger partial charge in [0.1, 0.15) is 0 Å². The first kappa shape index (κ1) is 16.5. The first-order valence-corrected chi connectivity index (χ1v) is 9.03. The summed E-state index contributed by atoms with van der Waals surface area (Å²) in [5.74, 6) is 0. The molecule has 0 atom stereocenters. The summed E-state index contributed by atoms with van der Waals surface area (Å²) in [7, 11) is 0.299. The first-order valence-electron chi connectivity index (χ1n) is 7.55. The van der Waals surface area contributed by atoms with Gasteiger partial charge >= 0.3 is 0 Å². The van der Waals surface area contributed by atoms with Crippen LogP contribution in [0.3, 0.4) is 0 Å². The van der Waals surface area contributed by atoms with Gasteiger partial charge in [0.05, 0.1) is 4.90 Å². The van der Waals surface area contributed by atoms with E-state index in [4.69, 9.17) is 0 Å². The van der Waals surface area contributed by atoms with Crippen molar-refractivity contribution in [2.45, 2.75) is 30.7 Å². The molecular weight excluding hydrogens is 288 g/mol. The quantitative estimate of drug-likeness (QED) is 0.769. The van der Waals surface area contributed by atoms with E-state index in [0.717, 1.165) is 25.3 Å². The fourth-order valence-electron chi connectivity index (χ4n) is 2.69. The van der Waals surface area contributed by atoms with Gasteiger partial charge in [-0.1, -0.05) is 6.42 Å². The molecule has 0 amide bonds. The Bertz CT molecular complexity index is 547. The third kappa shape index (κ3) is 4.54. The lowest BCUT2D eigenvalue weighted by Gasteiger charge is -2.26. The van der Waals surface area contributed by atoms with Crippen molar-refractivity contribution in [1.82, 2.24) is 19.5 Å². The number of nitrogens with one attached hydrogen (secondary N) is 2. The summed E-state index contributed by atoms with van der Waals surface area (Å²) >= 11 is 0. The highest BCUT2D eigenvalue weighted by atomic mass is 32.2. The minimum absolute atomic E-state index is 0.342. The summed E-state index contributed by atoms with van der Waals surface area (Å²) in [5, 5.41) is 3.03. The van der Waals surface area contributed by atoms with Gasteiger partial charge in [-0.25, -0.2) is 13.1 Å². The van der Waals surface area contributed by atoms with E-state index in [0.29, 0.717) is 18.0 Å². The SMILES string of the molecule is CNCc1cc(S(=O)(=O)NCCN2CCCCC2)cn1C. The van der Waals surface area contributed by atoms with Crippen molar-refractivity contribution in [2.75, 3.05) is 33.2 Å². The van der Waals surface area contributed by atoms with Gasteiger partial charge in [-0.05, 0) is 39.0 Å². The monoisotopic (exact) mass is 314 g/mol. The molecular formula is C14H26N4O2S. The summed E-state index contributed by atoms with van der Waals surface area (Å²) < 4.78 is 29.1. The maximum atomic E-state index is 12.3. The third-order valence-electron chi connectivity index (χ3n) is 3.92. The molecule has 120 valence electrons. The van der Waals surface area contributed by atoms with Crippen LogP contribution in [-0.2, 0) is 23.6 Å². The van der Waals surface area contributed by atoms with E-state index in [2.05, 4.69) is 14.9 Å². The van der Waals surface area contributed by atoms with Crippen molar-refractivity contribution < 1.29 is 8.42 Å². The highest BCUT2D eigenvalue weighted by Gasteiger charge is 2.18. The lowest BCUT2D eigenvalue weighted by Crippen LogP contribution is -2.37. The summed E-state index contributed by atoms with van der Waals surface area (Å²) in [4.78, 5) is 2.66. The second-order valence-corrected chi connectivity index (χ2v) is 7.38. The second kappa shape index (κ2) is 7.40. The molecule has 0 aliphatic carbocycles. The van der Waals surface area contributed by atoms with Crippen LogP contribution in [0.2, 0.25) is 0 Å². The Labute approximate surface area is 127 Å². The summed E-state index contributed by atoms with van der Waals surface area (Å²) in [5.41, 5.74) is 0.953. The number of likely N-dealkylation sites (tertiary alicyclic amines) is 1. The highest BCUT2D eigenvalue weighted by molar-refractivity contribution is 7.89. The van der Waals surface area contributed by atoms with E-state index in [1.54, 1.807) is 12.3 Å². The molecule has 6 nitrogen and oxygen atoms in total. The van der Waals surface area contributed by atoms with Crippen LogP contribution in [0, 0.1) is 0 Å². The van der Waals surface area contributed by atoms with Crippen LogP contribution in [0.25, 0.3) is 0 Å². The smallest absolute Gasteiger partial charge is 0.242 e. The number of piperidine rings is 1. The lowest BCUT2D eigenvalue weighted by molar-refractivity contribution is 0.233. The predicted molar refractivity (Wildman–Crippen MR) is 83.7 cm³/mol. The molecule has 1 aliphatic heterocycles. The Kier molecular flexibility index (Phi) is 5.80. The third-order valence-corrected chi connectivity index (χ3v) is 5.35. The van der Waals surface area contributed by atoms with Gasteiger partial charge in [0.25, 0.3) is 0 Å². The summed E-state index contributed by atoms with van der Waals surface area (Å²) in [6.07, 6.45) is 5.40. The number of nitrogens with zero attached hydrogens (tertiary/aromatic N) is 2. The van der Waals surface area contributed by atoms with E-state index in [-0.39, 0.29) is 0 Å². The van der Waals surface area contributed by atoms with Crippen LogP contribution < -0.4 is 10.0 Å². The molecule has 1 aromatic heterocycles. The maximum absolute atomic E-state index is 12.3. The van der Waals surface area contributed by atoms with Crippen molar-refractivity contribution in [3.05, 3.63) is 18.0 Å². The van der Waals surface area contributed by atoms with E-state index in [1.807, 2.05) is 18.7 Å². The average molecular weight is 314 g/mol. The van der Waals surface area contributed by atoms with Crippen LogP contribution in [0.15, 0.2) is 17.2 Å². The number of sulfonamides is 1. The molecule has 2 N–H and O–H groups in total. The maximum Gasteiger partial charge on any atom is 0.242 e. The van der Waals surface area contributed by atoms with Gasteiger partial charge in [-0.2, -0.15) is 0 Å². The molecule has 0 spiro atoms. The molecule has 1 fully saturated rings. The Balaban J connectivity index is 1.90. The zero-order chi connectivity index (χ0) is 15.3. The standard InChI is InChI=1S/C14H26N4O2S/c1-15-11-13-10-14(12-17(13)2)21(19,20)16-6-9-18-7-4-3-5-8-18/h10,12,15-16H,3-9,11H2,1-2H3. The van der Waals surface area contributed by atoms with Gasteiger partial charge in [0.2, 0.25) is 10.0 Å². The molecule has 1 aromatic rings. The largest absolute Gasteiger partial charge is 0.352 e. The van der Waals surface area contributed by atoms with Crippen molar-refractivity contribution in [3.63, 3.8) is 0 Å². The first-order chi connectivity index (χ1) is 10.0. The fraction of sp³-hybridized carbons (Fsp3) is 0.714. The molecule has 0 saturated carbocycles. The van der Waals surface area contributed by atoms with Crippen molar-refractivity contribution in [2.24, 2.45) is 7.05 Å². The topological polar surface area (TPSA) is 66.4 Å². The molecule has 1 saturated heterocycles. The minimum atomic E-state index is -3.41. The number of aryl methyl sites for hydroxylation is 1. The van der Waals surface area contributed by atoms with E-state index >= 15 is 0 Å². The molecule has 0 aromatic carbocycles. The van der Waals surface area contributed by atoms with Crippen LogP contribution in [0.5, 0.6) is 0 Å². The molecule has 0 radical (unpaired) electrons. The van der Waals surface area contributed by atoms with Crippen molar-refractivity contribution >= 4 is 10.0 Å².